The van der Waals surface area contributed by atoms with Crippen molar-refractivity contribution in [3.63, 3.8) is 0 Å². The zero-order valence-corrected chi connectivity index (χ0v) is 8.18. The van der Waals surface area contributed by atoms with Crippen LogP contribution in [0.1, 0.15) is 6.92 Å². The van der Waals surface area contributed by atoms with Crippen molar-refractivity contribution >= 4 is 31.4 Å². The highest BCUT2D eigenvalue weighted by molar-refractivity contribution is 6.44. The minimum Gasteiger partial charge on any atom is -0.302 e. The monoisotopic (exact) mass is 183 g/mol. The number of likely N-dealkylation sites (N-methyl/N-ethyl adjacent to an activating group) is 1. The molecule has 0 bridgehead atoms. The number of nitroso groups, excluding NO2 is 1. The fraction of sp³-hybridized carbons (Fsp3) is 1.00. The average molecular weight is 182 g/mol. The molecule has 0 saturated carbocycles. The molecule has 1 saturated heterocycles. The number of hydrogen-bond donors (Lipinski definition) is 0. The van der Waals surface area contributed by atoms with Crippen molar-refractivity contribution in [2.24, 2.45) is 5.29 Å². The standard InChI is InChI=1S/C6H9B4N3O/c1-2-12-3-5(7,8)13(11-14)6(9,10)4-12/h2-4H2,1H3. The van der Waals surface area contributed by atoms with Crippen LogP contribution in [0.4, 0.5) is 0 Å². The zero-order valence-electron chi connectivity index (χ0n) is 8.18. The molecule has 1 rings (SSSR count). The first-order valence-electron chi connectivity index (χ1n) is 4.35. The molecule has 1 aliphatic rings. The second-order valence-corrected chi connectivity index (χ2v) is 3.68. The molecule has 1 fully saturated rings. The Labute approximate surface area is 89.3 Å². The molecule has 0 amide bonds. The molecule has 0 N–H and O–H groups in total. The smallest absolute Gasteiger partial charge is 0.0943 e. The molecule has 0 aliphatic carbocycles. The lowest BCUT2D eigenvalue weighted by Crippen LogP contribution is -2.72. The number of rotatable bonds is 2. The van der Waals surface area contributed by atoms with E-state index in [0.29, 0.717) is 19.6 Å². The predicted molar refractivity (Wildman–Crippen MR) is 58.2 cm³/mol. The van der Waals surface area contributed by atoms with E-state index in [1.165, 1.54) is 0 Å². The van der Waals surface area contributed by atoms with Crippen LogP contribution in [-0.4, -0.2) is 71.6 Å². The van der Waals surface area contributed by atoms with E-state index in [9.17, 15) is 4.91 Å². The normalized spacial score (nSPS) is 25.9. The molecule has 1 heterocycles. The van der Waals surface area contributed by atoms with Gasteiger partial charge in [0.15, 0.2) is 0 Å². The van der Waals surface area contributed by atoms with Crippen molar-refractivity contribution in [1.29, 1.82) is 0 Å². The van der Waals surface area contributed by atoms with Gasteiger partial charge in [0.1, 0.15) is 0 Å². The van der Waals surface area contributed by atoms with Gasteiger partial charge in [-0.2, -0.15) is 0 Å². The SMILES string of the molecule is [B]C1([B])CN(CC)CC([B])([B])N1N=O. The third-order valence-corrected chi connectivity index (χ3v) is 2.27. The lowest BCUT2D eigenvalue weighted by molar-refractivity contribution is 0.0567. The van der Waals surface area contributed by atoms with Crippen LogP contribution in [0, 0.1) is 4.91 Å². The third-order valence-electron chi connectivity index (χ3n) is 2.27. The molecule has 0 aromatic heterocycles. The molecule has 4 nitrogen and oxygen atoms in total. The quantitative estimate of drug-likeness (QED) is 0.377. The Morgan fingerprint density at radius 2 is 1.64 bits per heavy atom. The molecule has 0 atom stereocenters. The van der Waals surface area contributed by atoms with Crippen LogP contribution >= 0.6 is 0 Å². The molecule has 0 aromatic carbocycles. The van der Waals surface area contributed by atoms with Crippen LogP contribution in [0.15, 0.2) is 5.29 Å². The van der Waals surface area contributed by atoms with E-state index in [2.05, 4.69) is 5.29 Å². The minimum absolute atomic E-state index is 0.297. The molecule has 0 unspecified atom stereocenters. The highest BCUT2D eigenvalue weighted by atomic mass is 16.3. The second-order valence-electron chi connectivity index (χ2n) is 3.68. The van der Waals surface area contributed by atoms with Crippen LogP contribution in [0.3, 0.4) is 0 Å². The van der Waals surface area contributed by atoms with Crippen LogP contribution in [-0.2, 0) is 0 Å². The van der Waals surface area contributed by atoms with Crippen molar-refractivity contribution in [3.05, 3.63) is 4.91 Å². The third kappa shape index (κ3) is 2.00. The Morgan fingerprint density at radius 1 is 1.21 bits per heavy atom. The molecule has 66 valence electrons. The second kappa shape index (κ2) is 3.65. The summed E-state index contributed by atoms with van der Waals surface area (Å²) in [6.07, 6.45) is 0. The van der Waals surface area contributed by atoms with Crippen molar-refractivity contribution in [2.45, 2.75) is 17.6 Å². The molecule has 0 spiro atoms. The van der Waals surface area contributed by atoms with Crippen LogP contribution < -0.4 is 0 Å². The average Bonchev–Trinajstić information content (AvgIpc) is 2.00. The van der Waals surface area contributed by atoms with Gasteiger partial charge in [-0.25, -0.2) is 0 Å². The van der Waals surface area contributed by atoms with E-state index < -0.39 is 10.7 Å². The van der Waals surface area contributed by atoms with E-state index >= 15 is 0 Å². The summed E-state index contributed by atoms with van der Waals surface area (Å²) >= 11 is 0. The summed E-state index contributed by atoms with van der Waals surface area (Å²) in [6.45, 7) is 3.23. The topological polar surface area (TPSA) is 35.9 Å². The summed E-state index contributed by atoms with van der Waals surface area (Å²) in [7, 11) is 22.7. The fourth-order valence-corrected chi connectivity index (χ4v) is 1.67. The van der Waals surface area contributed by atoms with Gasteiger partial charge in [0.2, 0.25) is 0 Å². The van der Waals surface area contributed by atoms with Crippen molar-refractivity contribution < 1.29 is 0 Å². The van der Waals surface area contributed by atoms with Gasteiger partial charge in [0, 0.05) is 13.1 Å². The van der Waals surface area contributed by atoms with E-state index in [1.54, 1.807) is 0 Å². The van der Waals surface area contributed by atoms with Crippen LogP contribution in [0.25, 0.3) is 0 Å². The van der Waals surface area contributed by atoms with Gasteiger partial charge in [-0.05, 0) is 17.2 Å². The Morgan fingerprint density at radius 3 is 1.93 bits per heavy atom. The summed E-state index contributed by atoms with van der Waals surface area (Å²) in [6, 6.07) is 0. The Kier molecular flexibility index (Phi) is 3.04. The molecule has 8 radical (unpaired) electrons. The van der Waals surface area contributed by atoms with Gasteiger partial charge in [0.25, 0.3) is 0 Å². The summed E-state index contributed by atoms with van der Waals surface area (Å²) in [5.74, 6) is 0. The van der Waals surface area contributed by atoms with Gasteiger partial charge in [-0.1, -0.05) is 6.92 Å². The number of nitrogens with zero attached hydrogens (tertiary/aromatic N) is 3. The largest absolute Gasteiger partial charge is 0.302 e. The van der Waals surface area contributed by atoms with Gasteiger partial charge >= 0.3 is 0 Å². The Bertz CT molecular complexity index is 217. The van der Waals surface area contributed by atoms with Crippen LogP contribution in [0.2, 0.25) is 0 Å². The lowest BCUT2D eigenvalue weighted by atomic mass is 9.51. The predicted octanol–water partition coefficient (Wildman–Crippen LogP) is -1.71. The summed E-state index contributed by atoms with van der Waals surface area (Å²) in [4.78, 5) is 12.4. The fourth-order valence-electron chi connectivity index (χ4n) is 1.67. The lowest BCUT2D eigenvalue weighted by Gasteiger charge is -2.54. The number of piperazine rings is 1. The van der Waals surface area contributed by atoms with Gasteiger partial charge < -0.3 is 4.90 Å². The van der Waals surface area contributed by atoms with Crippen molar-refractivity contribution in [1.82, 2.24) is 9.91 Å². The molecule has 0 aromatic rings. The van der Waals surface area contributed by atoms with E-state index in [-0.39, 0.29) is 0 Å². The maximum atomic E-state index is 10.5. The first-order chi connectivity index (χ1) is 6.33. The van der Waals surface area contributed by atoms with Crippen LogP contribution in [0.5, 0.6) is 0 Å². The van der Waals surface area contributed by atoms with E-state index in [4.69, 9.17) is 31.4 Å². The Hall–Kier alpha value is -0.380. The Balaban J connectivity index is 2.92. The first kappa shape index (κ1) is 11.7. The van der Waals surface area contributed by atoms with Crippen molar-refractivity contribution in [3.8, 4) is 0 Å². The maximum Gasteiger partial charge on any atom is 0.0943 e. The van der Waals surface area contributed by atoms with E-state index in [0.717, 1.165) is 5.01 Å². The molecule has 14 heavy (non-hydrogen) atoms. The van der Waals surface area contributed by atoms with Crippen molar-refractivity contribution in [2.75, 3.05) is 19.6 Å². The molecular formula is C6H9B4N3O. The van der Waals surface area contributed by atoms with Gasteiger partial charge in [-0.3, -0.25) is 5.01 Å². The van der Waals surface area contributed by atoms with E-state index in [1.807, 2.05) is 11.8 Å². The minimum atomic E-state index is -1.42. The van der Waals surface area contributed by atoms with Gasteiger partial charge in [-0.15, -0.1) is 4.91 Å². The summed E-state index contributed by atoms with van der Waals surface area (Å²) < 4.78 is 0. The molecule has 8 heteroatoms. The molecular weight excluding hydrogens is 173 g/mol. The maximum absolute atomic E-state index is 10.5. The molecule has 1 aliphatic heterocycles. The number of hydrogen-bond acceptors (Lipinski definition) is 3. The van der Waals surface area contributed by atoms with Gasteiger partial charge in [0.05, 0.1) is 36.7 Å². The summed E-state index contributed by atoms with van der Waals surface area (Å²) in [5.41, 5.74) is 0. The highest BCUT2D eigenvalue weighted by Crippen LogP contribution is 2.25. The first-order valence-corrected chi connectivity index (χ1v) is 4.35. The zero-order chi connectivity index (χ0) is 11.0. The highest BCUT2D eigenvalue weighted by Gasteiger charge is 2.42. The summed E-state index contributed by atoms with van der Waals surface area (Å²) in [5, 5.41) is 0.656.